The minimum atomic E-state index is 0.619. The average molecular weight is 256 g/mol. The van der Waals surface area contributed by atoms with Gasteiger partial charge in [0.25, 0.3) is 5.22 Å². The first kappa shape index (κ1) is 14.6. The molecule has 0 aliphatic carbocycles. The van der Waals surface area contributed by atoms with Crippen molar-refractivity contribution in [1.82, 2.24) is 10.3 Å². The molecule has 0 aromatic carbocycles. The summed E-state index contributed by atoms with van der Waals surface area (Å²) in [5.41, 5.74) is 0.952. The Balaban J connectivity index is 2.00. The van der Waals surface area contributed by atoms with Crippen molar-refractivity contribution in [1.29, 1.82) is 0 Å². The number of nitrogens with zero attached hydrogens (tertiary/aromatic N) is 1. The standard InChI is InChI=1S/C13H24N2OS/c1-4-5-6-7-11(2)14-8-9-17-13-15-12(3)10-16-13/h10-11,14H,4-9H2,1-3H3. The lowest BCUT2D eigenvalue weighted by atomic mass is 10.1. The van der Waals surface area contributed by atoms with E-state index in [-0.39, 0.29) is 0 Å². The molecule has 4 heteroatoms. The predicted molar refractivity (Wildman–Crippen MR) is 73.6 cm³/mol. The van der Waals surface area contributed by atoms with Crippen LogP contribution in [-0.2, 0) is 0 Å². The van der Waals surface area contributed by atoms with Gasteiger partial charge in [0.1, 0.15) is 6.26 Å². The Hall–Kier alpha value is -0.480. The Bertz CT molecular complexity index is 301. The lowest BCUT2D eigenvalue weighted by Crippen LogP contribution is -2.28. The van der Waals surface area contributed by atoms with E-state index in [1.807, 2.05) is 6.92 Å². The fourth-order valence-corrected chi connectivity index (χ4v) is 2.36. The van der Waals surface area contributed by atoms with Crippen LogP contribution >= 0.6 is 11.8 Å². The van der Waals surface area contributed by atoms with E-state index in [0.717, 1.165) is 23.2 Å². The summed E-state index contributed by atoms with van der Waals surface area (Å²) in [6, 6.07) is 0.619. The van der Waals surface area contributed by atoms with Crippen molar-refractivity contribution in [3.05, 3.63) is 12.0 Å². The van der Waals surface area contributed by atoms with Crippen molar-refractivity contribution < 1.29 is 4.42 Å². The molecule has 1 rings (SSSR count). The Labute approximate surface area is 109 Å². The molecule has 1 unspecified atom stereocenters. The maximum atomic E-state index is 5.27. The molecule has 0 saturated heterocycles. The second-order valence-electron chi connectivity index (χ2n) is 4.45. The molecule has 98 valence electrons. The first-order valence-corrected chi connectivity index (χ1v) is 7.49. The molecule has 3 nitrogen and oxygen atoms in total. The van der Waals surface area contributed by atoms with Gasteiger partial charge < -0.3 is 9.73 Å². The largest absolute Gasteiger partial charge is 0.440 e. The molecule has 1 N–H and O–H groups in total. The fourth-order valence-electron chi connectivity index (χ4n) is 1.64. The van der Waals surface area contributed by atoms with Crippen molar-refractivity contribution in [2.24, 2.45) is 0 Å². The van der Waals surface area contributed by atoms with Crippen LogP contribution in [0.4, 0.5) is 0 Å². The lowest BCUT2D eigenvalue weighted by Gasteiger charge is -2.12. The van der Waals surface area contributed by atoms with Gasteiger partial charge in [0, 0.05) is 18.3 Å². The number of rotatable bonds is 9. The first-order chi connectivity index (χ1) is 8.22. The summed E-state index contributed by atoms with van der Waals surface area (Å²) >= 11 is 1.67. The molecule has 0 radical (unpaired) electrons. The van der Waals surface area contributed by atoms with Crippen LogP contribution in [0.2, 0.25) is 0 Å². The smallest absolute Gasteiger partial charge is 0.255 e. The molecule has 0 fully saturated rings. The molecule has 1 heterocycles. The SMILES string of the molecule is CCCCCC(C)NCCSc1nc(C)co1. The second kappa shape index (κ2) is 8.59. The van der Waals surface area contributed by atoms with E-state index in [0.29, 0.717) is 6.04 Å². The van der Waals surface area contributed by atoms with Crippen LogP contribution in [0.5, 0.6) is 0 Å². The highest BCUT2D eigenvalue weighted by Crippen LogP contribution is 2.15. The van der Waals surface area contributed by atoms with E-state index >= 15 is 0 Å². The zero-order chi connectivity index (χ0) is 12.5. The molecule has 0 amide bonds. The molecule has 17 heavy (non-hydrogen) atoms. The van der Waals surface area contributed by atoms with Gasteiger partial charge in [0.2, 0.25) is 0 Å². The molecule has 1 atom stereocenters. The van der Waals surface area contributed by atoms with Crippen molar-refractivity contribution in [2.75, 3.05) is 12.3 Å². The van der Waals surface area contributed by atoms with Gasteiger partial charge in [-0.15, -0.1) is 0 Å². The number of nitrogens with one attached hydrogen (secondary N) is 1. The van der Waals surface area contributed by atoms with E-state index in [9.17, 15) is 0 Å². The van der Waals surface area contributed by atoms with Gasteiger partial charge in [-0.25, -0.2) is 4.98 Å². The molecule has 1 aromatic heterocycles. The van der Waals surface area contributed by atoms with Crippen LogP contribution in [0.3, 0.4) is 0 Å². The summed E-state index contributed by atoms with van der Waals surface area (Å²) in [7, 11) is 0. The number of unbranched alkanes of at least 4 members (excludes halogenated alkanes) is 2. The maximum absolute atomic E-state index is 5.27. The van der Waals surface area contributed by atoms with Gasteiger partial charge in [-0.05, 0) is 20.3 Å². The van der Waals surface area contributed by atoms with Crippen LogP contribution in [0, 0.1) is 6.92 Å². The molecule has 0 aliphatic heterocycles. The van der Waals surface area contributed by atoms with Gasteiger partial charge >= 0.3 is 0 Å². The van der Waals surface area contributed by atoms with Gasteiger partial charge in [-0.3, -0.25) is 0 Å². The van der Waals surface area contributed by atoms with Crippen LogP contribution in [0.25, 0.3) is 0 Å². The third-order valence-electron chi connectivity index (χ3n) is 2.66. The summed E-state index contributed by atoms with van der Waals surface area (Å²) in [5.74, 6) is 1.01. The van der Waals surface area contributed by atoms with Crippen LogP contribution in [-0.4, -0.2) is 23.3 Å². The minimum absolute atomic E-state index is 0.619. The predicted octanol–water partition coefficient (Wildman–Crippen LogP) is 3.63. The lowest BCUT2D eigenvalue weighted by molar-refractivity contribution is 0.453. The van der Waals surface area contributed by atoms with E-state index < -0.39 is 0 Å². The molecular weight excluding hydrogens is 232 g/mol. The van der Waals surface area contributed by atoms with Gasteiger partial charge in [0.05, 0.1) is 5.69 Å². The van der Waals surface area contributed by atoms with E-state index in [2.05, 4.69) is 24.1 Å². The quantitative estimate of drug-likeness (QED) is 0.541. The molecular formula is C13H24N2OS. The maximum Gasteiger partial charge on any atom is 0.255 e. The number of hydrogen-bond donors (Lipinski definition) is 1. The zero-order valence-corrected chi connectivity index (χ0v) is 12.0. The summed E-state index contributed by atoms with van der Waals surface area (Å²) in [6.45, 7) is 7.46. The highest BCUT2D eigenvalue weighted by atomic mass is 32.2. The summed E-state index contributed by atoms with van der Waals surface area (Å²) < 4.78 is 5.27. The van der Waals surface area contributed by atoms with Crippen LogP contribution in [0.15, 0.2) is 15.9 Å². The normalized spacial score (nSPS) is 12.9. The molecule has 1 aromatic rings. The fraction of sp³-hybridized carbons (Fsp3) is 0.769. The zero-order valence-electron chi connectivity index (χ0n) is 11.2. The molecule has 0 spiro atoms. The van der Waals surface area contributed by atoms with E-state index in [1.165, 1.54) is 25.7 Å². The van der Waals surface area contributed by atoms with E-state index in [1.54, 1.807) is 18.0 Å². The van der Waals surface area contributed by atoms with Crippen molar-refractivity contribution in [2.45, 2.75) is 57.7 Å². The second-order valence-corrected chi connectivity index (χ2v) is 5.50. The minimum Gasteiger partial charge on any atom is -0.440 e. The molecule has 0 aliphatic rings. The van der Waals surface area contributed by atoms with Gasteiger partial charge in [-0.2, -0.15) is 0 Å². The Morgan fingerprint density at radius 1 is 1.47 bits per heavy atom. The topological polar surface area (TPSA) is 38.1 Å². The highest BCUT2D eigenvalue weighted by molar-refractivity contribution is 7.99. The number of hydrogen-bond acceptors (Lipinski definition) is 4. The summed E-state index contributed by atoms with van der Waals surface area (Å²) in [5, 5.41) is 4.31. The number of oxazole rings is 1. The number of aryl methyl sites for hydroxylation is 1. The summed E-state index contributed by atoms with van der Waals surface area (Å²) in [4.78, 5) is 4.26. The first-order valence-electron chi connectivity index (χ1n) is 6.50. The third kappa shape index (κ3) is 6.74. The number of thioether (sulfide) groups is 1. The average Bonchev–Trinajstić information content (AvgIpc) is 2.71. The molecule has 0 saturated carbocycles. The van der Waals surface area contributed by atoms with Crippen molar-refractivity contribution >= 4 is 11.8 Å². The van der Waals surface area contributed by atoms with Crippen molar-refractivity contribution in [3.8, 4) is 0 Å². The van der Waals surface area contributed by atoms with Crippen molar-refractivity contribution in [3.63, 3.8) is 0 Å². The Morgan fingerprint density at radius 2 is 2.29 bits per heavy atom. The third-order valence-corrected chi connectivity index (χ3v) is 3.50. The van der Waals surface area contributed by atoms with Crippen LogP contribution < -0.4 is 5.32 Å². The highest BCUT2D eigenvalue weighted by Gasteiger charge is 2.03. The van der Waals surface area contributed by atoms with Crippen LogP contribution in [0.1, 0.15) is 45.2 Å². The van der Waals surface area contributed by atoms with Gasteiger partial charge in [-0.1, -0.05) is 37.9 Å². The molecule has 0 bridgehead atoms. The Kier molecular flexibility index (Phi) is 7.37. The number of aromatic nitrogens is 1. The monoisotopic (exact) mass is 256 g/mol. The van der Waals surface area contributed by atoms with E-state index in [4.69, 9.17) is 4.42 Å². The Morgan fingerprint density at radius 3 is 2.94 bits per heavy atom. The summed E-state index contributed by atoms with van der Waals surface area (Å²) in [6.07, 6.45) is 6.94. The van der Waals surface area contributed by atoms with Gasteiger partial charge in [0.15, 0.2) is 0 Å².